The van der Waals surface area contributed by atoms with Gasteiger partial charge >= 0.3 is 53.9 Å². The number of alkyl halides is 16. The molecule has 0 atom stereocenters. The standard InChI is InChI=1S/C27H34F16O2/c1-2-3-4-5-15-6-8-16(9-7-15)17-10-12-18(13-11-17)19(44)45-14-21(30,31)23(34,35)25(38,39)27(42,43)26(40,41)24(36,37)22(32,33)20(28)29/h15-18,20H,2-14H2,1H3/t15-,16-,17-,18-. The number of hydrogen-bond acceptors (Lipinski definition) is 2. The molecule has 266 valence electrons. The van der Waals surface area contributed by atoms with E-state index in [1.165, 1.54) is 0 Å². The van der Waals surface area contributed by atoms with Crippen LogP contribution in [0.4, 0.5) is 70.2 Å². The van der Waals surface area contributed by atoms with Gasteiger partial charge in [0.2, 0.25) is 0 Å². The van der Waals surface area contributed by atoms with Gasteiger partial charge in [-0.3, -0.25) is 4.79 Å². The summed E-state index contributed by atoms with van der Waals surface area (Å²) in [6, 6.07) is 0. The van der Waals surface area contributed by atoms with Gasteiger partial charge in [-0.1, -0.05) is 45.4 Å². The van der Waals surface area contributed by atoms with Crippen molar-refractivity contribution < 1.29 is 79.8 Å². The fourth-order valence-corrected chi connectivity index (χ4v) is 6.00. The molecular weight excluding hydrogens is 660 g/mol. The minimum Gasteiger partial charge on any atom is -0.459 e. The van der Waals surface area contributed by atoms with Gasteiger partial charge in [0, 0.05) is 0 Å². The average molecular weight is 695 g/mol. The van der Waals surface area contributed by atoms with Crippen LogP contribution in [0, 0.1) is 23.7 Å². The zero-order valence-electron chi connectivity index (χ0n) is 23.9. The molecule has 0 aromatic carbocycles. The van der Waals surface area contributed by atoms with Crippen molar-refractivity contribution in [2.45, 2.75) is 132 Å². The molecule has 2 aliphatic rings. The molecule has 0 amide bonds. The third-order valence-corrected chi connectivity index (χ3v) is 9.00. The Morgan fingerprint density at radius 2 is 1.04 bits per heavy atom. The van der Waals surface area contributed by atoms with Crippen molar-refractivity contribution in [3.63, 3.8) is 0 Å². The Hall–Kier alpha value is -1.65. The molecule has 2 nitrogen and oxygen atoms in total. The molecule has 0 N–H and O–H groups in total. The van der Waals surface area contributed by atoms with E-state index < -0.39 is 66.4 Å². The van der Waals surface area contributed by atoms with Crippen molar-refractivity contribution in [3.8, 4) is 0 Å². The molecule has 0 aromatic rings. The lowest BCUT2D eigenvalue weighted by molar-refractivity contribution is -0.447. The molecule has 2 saturated carbocycles. The number of halogens is 16. The van der Waals surface area contributed by atoms with Crippen molar-refractivity contribution in [2.75, 3.05) is 6.61 Å². The Bertz CT molecular complexity index is 968. The lowest BCUT2D eigenvalue weighted by Crippen LogP contribution is -2.74. The van der Waals surface area contributed by atoms with Crippen molar-refractivity contribution in [1.29, 1.82) is 0 Å². The molecule has 0 bridgehead atoms. The van der Waals surface area contributed by atoms with E-state index >= 15 is 0 Å². The van der Waals surface area contributed by atoms with Gasteiger partial charge in [0.15, 0.2) is 6.61 Å². The summed E-state index contributed by atoms with van der Waals surface area (Å²) in [4.78, 5) is 12.2. The molecule has 0 aromatic heterocycles. The number of esters is 1. The summed E-state index contributed by atoms with van der Waals surface area (Å²) >= 11 is 0. The smallest absolute Gasteiger partial charge is 0.385 e. The van der Waals surface area contributed by atoms with E-state index in [-0.39, 0.29) is 18.8 Å². The summed E-state index contributed by atoms with van der Waals surface area (Å²) in [6.45, 7) is -1.01. The summed E-state index contributed by atoms with van der Waals surface area (Å²) in [5.41, 5.74) is 0. The Labute approximate surface area is 248 Å². The van der Waals surface area contributed by atoms with Crippen LogP contribution in [-0.2, 0) is 9.53 Å². The van der Waals surface area contributed by atoms with Crippen LogP contribution < -0.4 is 0 Å². The summed E-state index contributed by atoms with van der Waals surface area (Å²) in [5.74, 6) is -56.9. The average Bonchev–Trinajstić information content (AvgIpc) is 2.95. The summed E-state index contributed by atoms with van der Waals surface area (Å²) in [5, 5.41) is 0. The first-order valence-corrected chi connectivity index (χ1v) is 14.4. The third-order valence-electron chi connectivity index (χ3n) is 9.00. The number of carbonyl (C=O) groups is 1. The topological polar surface area (TPSA) is 26.3 Å². The molecule has 45 heavy (non-hydrogen) atoms. The maximum atomic E-state index is 14.1. The van der Waals surface area contributed by atoms with E-state index in [1.807, 2.05) is 0 Å². The maximum absolute atomic E-state index is 14.1. The highest BCUT2D eigenvalue weighted by atomic mass is 19.4. The number of rotatable bonds is 15. The highest BCUT2D eigenvalue weighted by Crippen LogP contribution is 2.62. The van der Waals surface area contributed by atoms with E-state index in [1.54, 1.807) is 0 Å². The van der Waals surface area contributed by atoms with Crippen molar-refractivity contribution in [3.05, 3.63) is 0 Å². The predicted octanol–water partition coefficient (Wildman–Crippen LogP) is 10.4. The lowest BCUT2D eigenvalue weighted by Gasteiger charge is -2.42. The highest BCUT2D eigenvalue weighted by molar-refractivity contribution is 5.72. The summed E-state index contributed by atoms with van der Waals surface area (Å²) in [7, 11) is 0. The largest absolute Gasteiger partial charge is 0.459 e. The Balaban J connectivity index is 2.04. The number of ether oxygens (including phenoxy) is 1. The monoisotopic (exact) mass is 694 g/mol. The predicted molar refractivity (Wildman–Crippen MR) is 127 cm³/mol. The van der Waals surface area contributed by atoms with Crippen LogP contribution in [0.3, 0.4) is 0 Å². The second kappa shape index (κ2) is 13.8. The third kappa shape index (κ3) is 7.28. The minimum absolute atomic E-state index is 0.00970. The van der Waals surface area contributed by atoms with Crippen LogP contribution in [0.1, 0.15) is 84.0 Å². The van der Waals surface area contributed by atoms with Crippen LogP contribution in [-0.4, -0.2) is 60.5 Å². The molecule has 2 rings (SSSR count). The Morgan fingerprint density at radius 3 is 1.49 bits per heavy atom. The quantitative estimate of drug-likeness (QED) is 0.0969. The van der Waals surface area contributed by atoms with Gasteiger partial charge in [0.05, 0.1) is 5.92 Å². The fraction of sp³-hybridized carbons (Fsp3) is 0.963. The molecule has 0 radical (unpaired) electrons. The summed E-state index contributed by atoms with van der Waals surface area (Å²) < 4.78 is 220. The SMILES string of the molecule is CCCCC[C@H]1CC[C@H]([C@H]2CC[C@H](C(=O)OCC(F)(F)C(F)(F)C(F)(F)C(F)(F)C(F)(F)C(F)(F)C(F)(F)C(F)F)CC2)CC1. The first kappa shape index (κ1) is 39.5. The van der Waals surface area contributed by atoms with Crippen LogP contribution >= 0.6 is 0 Å². The highest BCUT2D eigenvalue weighted by Gasteiger charge is 2.93. The molecule has 0 heterocycles. The zero-order chi connectivity index (χ0) is 34.9. The van der Waals surface area contributed by atoms with E-state index in [9.17, 15) is 75.0 Å². The van der Waals surface area contributed by atoms with Gasteiger partial charge in [-0.2, -0.15) is 61.5 Å². The van der Waals surface area contributed by atoms with E-state index in [0.29, 0.717) is 24.7 Å². The summed E-state index contributed by atoms with van der Waals surface area (Å²) in [6.07, 6.45) is 3.30. The van der Waals surface area contributed by atoms with E-state index in [2.05, 4.69) is 11.7 Å². The van der Waals surface area contributed by atoms with Crippen molar-refractivity contribution >= 4 is 5.97 Å². The molecule has 18 heteroatoms. The lowest BCUT2D eigenvalue weighted by atomic mass is 9.68. The number of unbranched alkanes of at least 4 members (excludes halogenated alkanes) is 2. The first-order chi connectivity index (χ1) is 20.3. The molecule has 0 spiro atoms. The van der Waals surface area contributed by atoms with Crippen LogP contribution in [0.5, 0.6) is 0 Å². The van der Waals surface area contributed by atoms with Gasteiger partial charge < -0.3 is 4.74 Å². The zero-order valence-corrected chi connectivity index (χ0v) is 23.9. The molecular formula is C27H34F16O2. The first-order valence-electron chi connectivity index (χ1n) is 14.4. The molecule has 0 unspecified atom stereocenters. The minimum atomic E-state index is -8.47. The van der Waals surface area contributed by atoms with E-state index in [0.717, 1.165) is 51.4 Å². The fourth-order valence-electron chi connectivity index (χ4n) is 6.00. The number of carbonyl (C=O) groups excluding carboxylic acids is 1. The Kier molecular flexibility index (Phi) is 12.2. The van der Waals surface area contributed by atoms with Gasteiger partial charge in [0.25, 0.3) is 0 Å². The number of hydrogen-bond donors (Lipinski definition) is 0. The molecule has 0 aliphatic heterocycles. The van der Waals surface area contributed by atoms with Crippen LogP contribution in [0.25, 0.3) is 0 Å². The van der Waals surface area contributed by atoms with Crippen molar-refractivity contribution in [2.24, 2.45) is 23.7 Å². The van der Waals surface area contributed by atoms with Crippen molar-refractivity contribution in [1.82, 2.24) is 0 Å². The van der Waals surface area contributed by atoms with E-state index in [4.69, 9.17) is 0 Å². The Morgan fingerprint density at radius 1 is 0.622 bits per heavy atom. The molecule has 2 aliphatic carbocycles. The van der Waals surface area contributed by atoms with Gasteiger partial charge in [0.1, 0.15) is 0 Å². The maximum Gasteiger partial charge on any atom is 0.385 e. The van der Waals surface area contributed by atoms with Gasteiger partial charge in [-0.05, 0) is 56.3 Å². The van der Waals surface area contributed by atoms with Gasteiger partial charge in [-0.25, -0.2) is 8.78 Å². The second-order valence-electron chi connectivity index (χ2n) is 12.0. The normalized spacial score (nSPS) is 25.0. The van der Waals surface area contributed by atoms with Gasteiger partial charge in [-0.15, -0.1) is 0 Å². The molecule has 2 fully saturated rings. The van der Waals surface area contributed by atoms with Crippen LogP contribution in [0.2, 0.25) is 0 Å². The second-order valence-corrected chi connectivity index (χ2v) is 12.0. The van der Waals surface area contributed by atoms with Crippen LogP contribution in [0.15, 0.2) is 0 Å². The molecule has 0 saturated heterocycles.